The minimum Gasteiger partial charge on any atom is -0.384 e. The maximum atomic E-state index is 6.19. The van der Waals surface area contributed by atoms with Crippen molar-refractivity contribution in [2.75, 3.05) is 17.6 Å². The van der Waals surface area contributed by atoms with Gasteiger partial charge in [0.25, 0.3) is 0 Å². The molecule has 0 amide bonds. The van der Waals surface area contributed by atoms with Crippen LogP contribution in [0.1, 0.15) is 43.2 Å². The third-order valence-electron chi connectivity index (χ3n) is 6.08. The predicted octanol–water partition coefficient (Wildman–Crippen LogP) is 3.97. The van der Waals surface area contributed by atoms with Gasteiger partial charge in [0, 0.05) is 30.4 Å². The first-order valence-corrected chi connectivity index (χ1v) is 10.0. The quantitative estimate of drug-likeness (QED) is 0.656. The fourth-order valence-corrected chi connectivity index (χ4v) is 4.69. The molecule has 1 aliphatic carbocycles. The van der Waals surface area contributed by atoms with Gasteiger partial charge in [-0.3, -0.25) is 10.00 Å². The lowest BCUT2D eigenvalue weighted by molar-refractivity contribution is 0.142. The number of pyridine rings is 1. The van der Waals surface area contributed by atoms with Crippen molar-refractivity contribution < 1.29 is 0 Å². The second kappa shape index (κ2) is 6.85. The third kappa shape index (κ3) is 3.04. The molecule has 0 spiro atoms. The van der Waals surface area contributed by atoms with E-state index in [0.29, 0.717) is 17.5 Å². The number of hydrogen-bond acceptors (Lipinski definition) is 5. The van der Waals surface area contributed by atoms with Crippen molar-refractivity contribution in [1.29, 1.82) is 0 Å². The molecule has 1 fully saturated rings. The molecule has 6 nitrogen and oxygen atoms in total. The zero-order valence-electron chi connectivity index (χ0n) is 15.5. The molecule has 2 aliphatic rings. The number of nitrogens with two attached hydrogens (primary N) is 1. The lowest BCUT2D eigenvalue weighted by atomic mass is 9.90. The predicted molar refractivity (Wildman–Crippen MR) is 109 cm³/mol. The van der Waals surface area contributed by atoms with Gasteiger partial charge in [-0.25, -0.2) is 4.98 Å². The summed E-state index contributed by atoms with van der Waals surface area (Å²) < 4.78 is 0. The zero-order valence-corrected chi connectivity index (χ0v) is 15.5. The largest absolute Gasteiger partial charge is 0.384 e. The minimum absolute atomic E-state index is 0.631. The van der Waals surface area contributed by atoms with Crippen LogP contribution in [0, 0.1) is 0 Å². The average molecular weight is 362 g/mol. The second-order valence-corrected chi connectivity index (χ2v) is 7.76. The second-order valence-electron chi connectivity index (χ2n) is 7.76. The highest BCUT2D eigenvalue weighted by Gasteiger charge is 2.29. The van der Waals surface area contributed by atoms with E-state index in [9.17, 15) is 0 Å². The number of para-hydroxylation sites is 1. The van der Waals surface area contributed by atoms with E-state index >= 15 is 0 Å². The molecule has 6 heteroatoms. The fraction of sp³-hybridized carbons (Fsp3) is 0.429. The van der Waals surface area contributed by atoms with E-state index in [0.717, 1.165) is 36.4 Å². The minimum atomic E-state index is 0.631. The number of aromatic amines is 1. The van der Waals surface area contributed by atoms with E-state index < -0.39 is 0 Å². The monoisotopic (exact) mass is 362 g/mol. The smallest absolute Gasteiger partial charge is 0.185 e. The first kappa shape index (κ1) is 16.6. The van der Waals surface area contributed by atoms with Gasteiger partial charge < -0.3 is 11.1 Å². The highest BCUT2D eigenvalue weighted by Crippen LogP contribution is 2.36. The van der Waals surface area contributed by atoms with Crippen molar-refractivity contribution in [2.45, 2.75) is 51.1 Å². The molecular formula is C21H26N6. The standard InChI is InChI=1S/C21H26N6/c22-19-18-16-11-12-27(15-9-5-2-6-10-15)13-17(16)20(24-21(18)26-25-19)23-14-7-3-1-4-8-14/h1,3-4,7-8,15H,2,5-6,9-13H2,(H4,22,23,24,25,26). The number of nitrogen functional groups attached to an aromatic ring is 1. The van der Waals surface area contributed by atoms with Gasteiger partial charge >= 0.3 is 0 Å². The molecule has 4 N–H and O–H groups in total. The van der Waals surface area contributed by atoms with Crippen LogP contribution in [-0.2, 0) is 13.0 Å². The highest BCUT2D eigenvalue weighted by molar-refractivity contribution is 5.92. The molecule has 0 atom stereocenters. The van der Waals surface area contributed by atoms with Gasteiger partial charge in [0.1, 0.15) is 11.6 Å². The maximum Gasteiger partial charge on any atom is 0.185 e. The van der Waals surface area contributed by atoms with Crippen molar-refractivity contribution in [3.8, 4) is 0 Å². The van der Waals surface area contributed by atoms with Crippen LogP contribution in [0.4, 0.5) is 17.3 Å². The summed E-state index contributed by atoms with van der Waals surface area (Å²) in [5.41, 5.74) is 10.5. The third-order valence-corrected chi connectivity index (χ3v) is 6.08. The molecule has 0 radical (unpaired) electrons. The molecule has 0 bridgehead atoms. The number of nitrogens with zero attached hydrogens (tertiary/aromatic N) is 3. The summed E-state index contributed by atoms with van der Waals surface area (Å²) in [6.45, 7) is 2.02. The highest BCUT2D eigenvalue weighted by atomic mass is 15.2. The van der Waals surface area contributed by atoms with Crippen LogP contribution in [0.2, 0.25) is 0 Å². The van der Waals surface area contributed by atoms with Gasteiger partial charge in [0.2, 0.25) is 0 Å². The Morgan fingerprint density at radius 2 is 1.89 bits per heavy atom. The Bertz CT molecular complexity index is 942. The number of rotatable bonds is 3. The summed E-state index contributed by atoms with van der Waals surface area (Å²) in [5.74, 6) is 1.54. The summed E-state index contributed by atoms with van der Waals surface area (Å²) in [5, 5.41) is 11.8. The maximum absolute atomic E-state index is 6.19. The molecule has 1 saturated carbocycles. The molecule has 1 aromatic carbocycles. The number of nitrogens with one attached hydrogen (secondary N) is 2. The van der Waals surface area contributed by atoms with Crippen LogP contribution < -0.4 is 11.1 Å². The molecule has 0 saturated heterocycles. The molecule has 5 rings (SSSR count). The van der Waals surface area contributed by atoms with Crippen molar-refractivity contribution >= 4 is 28.4 Å². The van der Waals surface area contributed by atoms with Crippen LogP contribution in [-0.4, -0.2) is 32.7 Å². The summed E-state index contributed by atoms with van der Waals surface area (Å²) in [7, 11) is 0. The Morgan fingerprint density at radius 1 is 1.07 bits per heavy atom. The number of fused-ring (bicyclic) bond motifs is 3. The van der Waals surface area contributed by atoms with Crippen molar-refractivity contribution in [1.82, 2.24) is 20.1 Å². The molecule has 3 aromatic rings. The molecule has 2 aromatic heterocycles. The Labute approximate surface area is 159 Å². The Balaban J connectivity index is 1.56. The number of aromatic nitrogens is 3. The number of anilines is 3. The molecule has 1 aliphatic heterocycles. The Morgan fingerprint density at radius 3 is 2.70 bits per heavy atom. The van der Waals surface area contributed by atoms with Crippen LogP contribution in [0.3, 0.4) is 0 Å². The average Bonchev–Trinajstić information content (AvgIpc) is 3.10. The van der Waals surface area contributed by atoms with Crippen LogP contribution in [0.15, 0.2) is 30.3 Å². The summed E-state index contributed by atoms with van der Waals surface area (Å²) in [6, 6.07) is 10.9. The zero-order chi connectivity index (χ0) is 18.2. The lowest BCUT2D eigenvalue weighted by Crippen LogP contribution is -2.40. The molecular weight excluding hydrogens is 336 g/mol. The van der Waals surface area contributed by atoms with Gasteiger partial charge in [-0.05, 0) is 37.0 Å². The van der Waals surface area contributed by atoms with E-state index in [1.165, 1.54) is 43.2 Å². The number of hydrogen-bond donors (Lipinski definition) is 3. The summed E-state index contributed by atoms with van der Waals surface area (Å²) in [4.78, 5) is 7.48. The number of benzene rings is 1. The SMILES string of the molecule is Nc1[nH]nc2nc(Nc3ccccc3)c3c(c12)CCN(C1CCCCC1)C3. The molecule has 3 heterocycles. The van der Waals surface area contributed by atoms with Crippen LogP contribution >= 0.6 is 0 Å². The Kier molecular flexibility index (Phi) is 4.20. The van der Waals surface area contributed by atoms with Crippen molar-refractivity contribution in [2.24, 2.45) is 0 Å². The molecule has 0 unspecified atom stereocenters. The van der Waals surface area contributed by atoms with Gasteiger partial charge in [0.05, 0.1) is 5.39 Å². The van der Waals surface area contributed by atoms with E-state index in [1.54, 1.807) is 0 Å². The van der Waals surface area contributed by atoms with E-state index in [-0.39, 0.29) is 0 Å². The topological polar surface area (TPSA) is 82.9 Å². The van der Waals surface area contributed by atoms with Gasteiger partial charge in [-0.2, -0.15) is 5.10 Å². The van der Waals surface area contributed by atoms with Crippen LogP contribution in [0.25, 0.3) is 11.0 Å². The molecule has 140 valence electrons. The normalized spacial score (nSPS) is 18.5. The Hall–Kier alpha value is -2.60. The first-order chi connectivity index (χ1) is 13.3. The number of H-pyrrole nitrogens is 1. The molecule has 27 heavy (non-hydrogen) atoms. The van der Waals surface area contributed by atoms with Gasteiger partial charge in [0.15, 0.2) is 5.65 Å². The summed E-state index contributed by atoms with van der Waals surface area (Å²) in [6.07, 6.45) is 7.73. The van der Waals surface area contributed by atoms with Crippen molar-refractivity contribution in [3.63, 3.8) is 0 Å². The lowest BCUT2D eigenvalue weighted by Gasteiger charge is -2.38. The summed E-state index contributed by atoms with van der Waals surface area (Å²) >= 11 is 0. The van der Waals surface area contributed by atoms with E-state index in [1.807, 2.05) is 18.2 Å². The van der Waals surface area contributed by atoms with Gasteiger partial charge in [-0.15, -0.1) is 0 Å². The fourth-order valence-electron chi connectivity index (χ4n) is 4.69. The van der Waals surface area contributed by atoms with E-state index in [2.05, 4.69) is 32.5 Å². The van der Waals surface area contributed by atoms with Crippen LogP contribution in [0.5, 0.6) is 0 Å². The first-order valence-electron chi connectivity index (χ1n) is 10.0. The van der Waals surface area contributed by atoms with Gasteiger partial charge in [-0.1, -0.05) is 37.5 Å². The van der Waals surface area contributed by atoms with Crippen molar-refractivity contribution in [3.05, 3.63) is 41.5 Å². The van der Waals surface area contributed by atoms with E-state index in [4.69, 9.17) is 10.7 Å².